The second-order valence-corrected chi connectivity index (χ2v) is 3.97. The zero-order chi connectivity index (χ0) is 10.2. The van der Waals surface area contributed by atoms with Crippen LogP contribution in [0.1, 0.15) is 39.0 Å². The topological polar surface area (TPSA) is 18.5 Å². The highest BCUT2D eigenvalue weighted by Gasteiger charge is 2.19. The van der Waals surface area contributed by atoms with Crippen molar-refractivity contribution in [2.24, 2.45) is 5.92 Å². The molecule has 0 saturated heterocycles. The lowest BCUT2D eigenvalue weighted by atomic mass is 9.87. The van der Waals surface area contributed by atoms with Gasteiger partial charge in [-0.1, -0.05) is 6.92 Å². The quantitative estimate of drug-likeness (QED) is 0.632. The zero-order valence-corrected chi connectivity index (χ0v) is 9.37. The smallest absolute Gasteiger partial charge is 0.0787 e. The van der Waals surface area contributed by atoms with Crippen molar-refractivity contribution in [1.82, 2.24) is 0 Å². The second kappa shape index (κ2) is 6.88. The van der Waals surface area contributed by atoms with Crippen molar-refractivity contribution in [3.8, 4) is 0 Å². The van der Waals surface area contributed by atoms with Crippen LogP contribution in [-0.4, -0.2) is 19.8 Å². The Balaban J connectivity index is 2.14. The Morgan fingerprint density at radius 3 is 2.50 bits per heavy atom. The molecule has 0 atom stereocenters. The van der Waals surface area contributed by atoms with Gasteiger partial charge in [0.15, 0.2) is 0 Å². The summed E-state index contributed by atoms with van der Waals surface area (Å²) in [6.07, 6.45) is 10.5. The highest BCUT2D eigenvalue weighted by molar-refractivity contribution is 4.87. The third kappa shape index (κ3) is 4.14. The van der Waals surface area contributed by atoms with Gasteiger partial charge in [0.1, 0.15) is 0 Å². The molecule has 0 radical (unpaired) electrons. The van der Waals surface area contributed by atoms with Crippen molar-refractivity contribution in [3.63, 3.8) is 0 Å². The van der Waals surface area contributed by atoms with E-state index in [1.165, 1.54) is 25.7 Å². The molecule has 1 fully saturated rings. The van der Waals surface area contributed by atoms with E-state index in [0.717, 1.165) is 13.0 Å². The Kier molecular flexibility index (Phi) is 5.69. The molecule has 1 saturated carbocycles. The Morgan fingerprint density at radius 2 is 1.93 bits per heavy atom. The fourth-order valence-electron chi connectivity index (χ4n) is 1.92. The van der Waals surface area contributed by atoms with E-state index in [9.17, 15) is 0 Å². The maximum absolute atomic E-state index is 5.73. The van der Waals surface area contributed by atoms with Gasteiger partial charge in [-0.25, -0.2) is 0 Å². The molecule has 0 unspecified atom stereocenters. The minimum absolute atomic E-state index is 0.516. The van der Waals surface area contributed by atoms with Gasteiger partial charge in [0.25, 0.3) is 0 Å². The average Bonchev–Trinajstić information content (AvgIpc) is 2.25. The molecule has 0 spiro atoms. The summed E-state index contributed by atoms with van der Waals surface area (Å²) in [5.74, 6) is 0.705. The summed E-state index contributed by atoms with van der Waals surface area (Å²) < 4.78 is 10.7. The van der Waals surface area contributed by atoms with Crippen LogP contribution in [0.3, 0.4) is 0 Å². The lowest BCUT2D eigenvalue weighted by Gasteiger charge is -2.26. The van der Waals surface area contributed by atoms with E-state index in [2.05, 4.69) is 13.0 Å². The molecule has 0 aromatic rings. The van der Waals surface area contributed by atoms with Crippen LogP contribution in [-0.2, 0) is 9.47 Å². The molecule has 0 amide bonds. The predicted octanol–water partition coefficient (Wildman–Crippen LogP) is 3.13. The molecule has 0 heterocycles. The van der Waals surface area contributed by atoms with Gasteiger partial charge in [-0.15, -0.1) is 0 Å². The van der Waals surface area contributed by atoms with Crippen LogP contribution in [0.4, 0.5) is 0 Å². The summed E-state index contributed by atoms with van der Waals surface area (Å²) >= 11 is 0. The molecule has 2 heteroatoms. The summed E-state index contributed by atoms with van der Waals surface area (Å²) in [5.41, 5.74) is 0. The molecule has 0 aliphatic heterocycles. The van der Waals surface area contributed by atoms with Gasteiger partial charge in [0.05, 0.1) is 19.5 Å². The molecule has 0 aromatic heterocycles. The zero-order valence-electron chi connectivity index (χ0n) is 9.37. The maximum Gasteiger partial charge on any atom is 0.0787 e. The number of hydrogen-bond acceptors (Lipinski definition) is 2. The average molecular weight is 198 g/mol. The van der Waals surface area contributed by atoms with Crippen molar-refractivity contribution < 1.29 is 9.47 Å². The molecule has 14 heavy (non-hydrogen) atoms. The summed E-state index contributed by atoms with van der Waals surface area (Å²) in [5, 5.41) is 0. The van der Waals surface area contributed by atoms with Crippen molar-refractivity contribution in [2.75, 3.05) is 13.7 Å². The first-order valence-corrected chi connectivity index (χ1v) is 5.68. The van der Waals surface area contributed by atoms with Gasteiger partial charge in [-0.05, 0) is 44.1 Å². The normalized spacial score (nSPS) is 28.1. The first kappa shape index (κ1) is 11.6. The van der Waals surface area contributed by atoms with E-state index in [4.69, 9.17) is 9.47 Å². The summed E-state index contributed by atoms with van der Waals surface area (Å²) in [6, 6.07) is 0. The number of hydrogen-bond donors (Lipinski definition) is 0. The minimum atomic E-state index is 0.516. The third-order valence-electron chi connectivity index (χ3n) is 2.76. The summed E-state index contributed by atoms with van der Waals surface area (Å²) in [4.78, 5) is 0. The summed E-state index contributed by atoms with van der Waals surface area (Å²) in [7, 11) is 1.70. The fraction of sp³-hybridized carbons (Fsp3) is 0.833. The monoisotopic (exact) mass is 198 g/mol. The van der Waals surface area contributed by atoms with Gasteiger partial charge in [-0.2, -0.15) is 0 Å². The maximum atomic E-state index is 5.73. The number of methoxy groups -OCH3 is 1. The molecule has 0 N–H and O–H groups in total. The van der Waals surface area contributed by atoms with Gasteiger partial charge in [0.2, 0.25) is 0 Å². The van der Waals surface area contributed by atoms with Crippen LogP contribution < -0.4 is 0 Å². The van der Waals surface area contributed by atoms with Gasteiger partial charge in [0, 0.05) is 6.61 Å². The van der Waals surface area contributed by atoms with Crippen LogP contribution in [0, 0.1) is 5.92 Å². The van der Waals surface area contributed by atoms with Crippen molar-refractivity contribution in [3.05, 3.63) is 12.3 Å². The van der Waals surface area contributed by atoms with E-state index >= 15 is 0 Å². The molecule has 82 valence electrons. The number of rotatable bonds is 5. The standard InChI is InChI=1S/C12H22O2/c1-3-9-14-12-6-4-11(5-7-12)8-10-13-2/h8,10-12H,3-7,9H2,1-2H3. The van der Waals surface area contributed by atoms with Crippen LogP contribution in [0.25, 0.3) is 0 Å². The Bertz CT molecular complexity index is 158. The number of ether oxygens (including phenoxy) is 2. The van der Waals surface area contributed by atoms with E-state index in [0.29, 0.717) is 12.0 Å². The van der Waals surface area contributed by atoms with Gasteiger partial charge < -0.3 is 9.47 Å². The summed E-state index contributed by atoms with van der Waals surface area (Å²) in [6.45, 7) is 3.08. The van der Waals surface area contributed by atoms with Crippen LogP contribution >= 0.6 is 0 Å². The predicted molar refractivity (Wildman–Crippen MR) is 58.1 cm³/mol. The minimum Gasteiger partial charge on any atom is -0.505 e. The molecule has 2 nitrogen and oxygen atoms in total. The van der Waals surface area contributed by atoms with Crippen LogP contribution in [0.2, 0.25) is 0 Å². The SMILES string of the molecule is CCCOC1CCC(C=COC)CC1. The highest BCUT2D eigenvalue weighted by atomic mass is 16.5. The Morgan fingerprint density at radius 1 is 1.21 bits per heavy atom. The number of allylic oxidation sites excluding steroid dienone is 1. The first-order chi connectivity index (χ1) is 6.86. The molecule has 1 aliphatic carbocycles. The Hall–Kier alpha value is -0.500. The third-order valence-corrected chi connectivity index (χ3v) is 2.76. The molecule has 0 bridgehead atoms. The lowest BCUT2D eigenvalue weighted by Crippen LogP contribution is -2.21. The second-order valence-electron chi connectivity index (χ2n) is 3.97. The van der Waals surface area contributed by atoms with Crippen molar-refractivity contribution in [1.29, 1.82) is 0 Å². The molecule has 0 aromatic carbocycles. The molecular weight excluding hydrogens is 176 g/mol. The van der Waals surface area contributed by atoms with Gasteiger partial charge >= 0.3 is 0 Å². The van der Waals surface area contributed by atoms with Crippen LogP contribution in [0.15, 0.2) is 12.3 Å². The van der Waals surface area contributed by atoms with E-state index in [-0.39, 0.29) is 0 Å². The highest BCUT2D eigenvalue weighted by Crippen LogP contribution is 2.27. The van der Waals surface area contributed by atoms with Crippen molar-refractivity contribution in [2.45, 2.75) is 45.1 Å². The molecular formula is C12H22O2. The van der Waals surface area contributed by atoms with E-state index < -0.39 is 0 Å². The fourth-order valence-corrected chi connectivity index (χ4v) is 1.92. The van der Waals surface area contributed by atoms with Crippen LogP contribution in [0.5, 0.6) is 0 Å². The van der Waals surface area contributed by atoms with Gasteiger partial charge in [-0.3, -0.25) is 0 Å². The Labute approximate surface area is 87.3 Å². The molecule has 1 aliphatic rings. The molecule has 1 rings (SSSR count). The van der Waals surface area contributed by atoms with Crippen molar-refractivity contribution >= 4 is 0 Å². The largest absolute Gasteiger partial charge is 0.505 e. The first-order valence-electron chi connectivity index (χ1n) is 5.68. The van der Waals surface area contributed by atoms with E-state index in [1.54, 1.807) is 13.4 Å². The van der Waals surface area contributed by atoms with E-state index in [1.807, 2.05) is 0 Å². The lowest BCUT2D eigenvalue weighted by molar-refractivity contribution is 0.0225.